The standard InChI is InChI=1S/C19H23N7O/c1-12(2)17-24-16(27-26-17)6-9-22-19-14-5-8-21-11-15(14)23-18(25-19)13-4-3-7-20-10-13/h3-4,7,10,12,21H,5-6,8-9,11H2,1-2H3,(H,22,23,25). The smallest absolute Gasteiger partial charge is 0.228 e. The highest BCUT2D eigenvalue weighted by molar-refractivity contribution is 5.59. The lowest BCUT2D eigenvalue weighted by Crippen LogP contribution is -2.27. The minimum Gasteiger partial charge on any atom is -0.369 e. The number of anilines is 1. The van der Waals surface area contributed by atoms with E-state index in [4.69, 9.17) is 14.5 Å². The Hall–Kier alpha value is -2.87. The predicted molar refractivity (Wildman–Crippen MR) is 101 cm³/mol. The summed E-state index contributed by atoms with van der Waals surface area (Å²) in [6.07, 6.45) is 5.09. The summed E-state index contributed by atoms with van der Waals surface area (Å²) < 4.78 is 5.32. The second kappa shape index (κ2) is 7.79. The molecule has 0 spiro atoms. The van der Waals surface area contributed by atoms with Crippen molar-refractivity contribution in [1.82, 2.24) is 30.4 Å². The number of aromatic nitrogens is 5. The van der Waals surface area contributed by atoms with Gasteiger partial charge in [0.05, 0.1) is 5.69 Å². The quantitative estimate of drug-likeness (QED) is 0.686. The maximum atomic E-state index is 5.32. The predicted octanol–water partition coefficient (Wildman–Crippen LogP) is 2.35. The number of nitrogens with one attached hydrogen (secondary N) is 2. The topological polar surface area (TPSA) is 102 Å². The van der Waals surface area contributed by atoms with Crippen LogP contribution >= 0.6 is 0 Å². The third kappa shape index (κ3) is 3.95. The van der Waals surface area contributed by atoms with Gasteiger partial charge in [0, 0.05) is 48.9 Å². The van der Waals surface area contributed by atoms with Crippen molar-refractivity contribution in [3.05, 3.63) is 47.5 Å². The Morgan fingerprint density at radius 2 is 2.19 bits per heavy atom. The van der Waals surface area contributed by atoms with Gasteiger partial charge in [0.1, 0.15) is 5.82 Å². The molecule has 2 N–H and O–H groups in total. The van der Waals surface area contributed by atoms with Crippen molar-refractivity contribution in [1.29, 1.82) is 0 Å². The highest BCUT2D eigenvalue weighted by atomic mass is 16.5. The fourth-order valence-corrected chi connectivity index (χ4v) is 3.02. The number of hydrogen-bond donors (Lipinski definition) is 2. The monoisotopic (exact) mass is 365 g/mol. The molecule has 3 aromatic rings. The van der Waals surface area contributed by atoms with Crippen LogP contribution < -0.4 is 10.6 Å². The van der Waals surface area contributed by atoms with E-state index in [9.17, 15) is 0 Å². The van der Waals surface area contributed by atoms with Crippen molar-refractivity contribution < 1.29 is 4.52 Å². The summed E-state index contributed by atoms with van der Waals surface area (Å²) in [5.74, 6) is 3.22. The van der Waals surface area contributed by atoms with Gasteiger partial charge in [-0.3, -0.25) is 4.98 Å². The molecular formula is C19H23N7O. The van der Waals surface area contributed by atoms with Crippen LogP contribution in [0.2, 0.25) is 0 Å². The Morgan fingerprint density at radius 1 is 1.26 bits per heavy atom. The van der Waals surface area contributed by atoms with Gasteiger partial charge in [-0.15, -0.1) is 0 Å². The second-order valence-electron chi connectivity index (χ2n) is 6.87. The SMILES string of the molecule is CC(C)c1noc(CCNc2nc(-c3cccnc3)nc3c2CCNC3)n1. The molecule has 1 aliphatic rings. The van der Waals surface area contributed by atoms with Crippen LogP contribution in [0.3, 0.4) is 0 Å². The minimum absolute atomic E-state index is 0.263. The first-order chi connectivity index (χ1) is 13.2. The fraction of sp³-hybridized carbons (Fsp3) is 0.421. The van der Waals surface area contributed by atoms with Crippen LogP contribution in [0.15, 0.2) is 29.0 Å². The lowest BCUT2D eigenvalue weighted by molar-refractivity contribution is 0.373. The summed E-state index contributed by atoms with van der Waals surface area (Å²) in [6, 6.07) is 3.87. The average molecular weight is 365 g/mol. The van der Waals surface area contributed by atoms with Crippen LogP contribution in [0.5, 0.6) is 0 Å². The van der Waals surface area contributed by atoms with Crippen LogP contribution in [-0.4, -0.2) is 38.2 Å². The van der Waals surface area contributed by atoms with Gasteiger partial charge in [-0.05, 0) is 25.1 Å². The van der Waals surface area contributed by atoms with Crippen molar-refractivity contribution in [2.24, 2.45) is 0 Å². The average Bonchev–Trinajstić information content (AvgIpc) is 3.18. The lowest BCUT2D eigenvalue weighted by atomic mass is 10.1. The first-order valence-electron chi connectivity index (χ1n) is 9.28. The molecule has 0 bridgehead atoms. The number of pyridine rings is 1. The van der Waals surface area contributed by atoms with Crippen LogP contribution in [0.25, 0.3) is 11.4 Å². The van der Waals surface area contributed by atoms with E-state index >= 15 is 0 Å². The van der Waals surface area contributed by atoms with Crippen LogP contribution in [0, 0.1) is 0 Å². The number of rotatable bonds is 6. The van der Waals surface area contributed by atoms with Gasteiger partial charge in [-0.2, -0.15) is 4.98 Å². The molecular weight excluding hydrogens is 342 g/mol. The molecule has 0 saturated carbocycles. The molecule has 4 rings (SSSR count). The molecule has 0 unspecified atom stereocenters. The summed E-state index contributed by atoms with van der Waals surface area (Å²) in [7, 11) is 0. The van der Waals surface area contributed by atoms with Crippen molar-refractivity contribution in [3.63, 3.8) is 0 Å². The van der Waals surface area contributed by atoms with Crippen molar-refractivity contribution in [2.75, 3.05) is 18.4 Å². The molecule has 0 aliphatic carbocycles. The summed E-state index contributed by atoms with van der Waals surface area (Å²) in [5, 5.41) is 10.8. The van der Waals surface area contributed by atoms with Crippen molar-refractivity contribution in [2.45, 2.75) is 39.2 Å². The molecule has 0 fully saturated rings. The van der Waals surface area contributed by atoms with E-state index in [2.05, 4.69) is 25.8 Å². The van der Waals surface area contributed by atoms with E-state index in [1.165, 1.54) is 5.56 Å². The van der Waals surface area contributed by atoms with Gasteiger partial charge >= 0.3 is 0 Å². The van der Waals surface area contributed by atoms with E-state index < -0.39 is 0 Å². The Kier molecular flexibility index (Phi) is 5.06. The Labute approximate surface area is 157 Å². The van der Waals surface area contributed by atoms with E-state index in [1.807, 2.05) is 26.0 Å². The highest BCUT2D eigenvalue weighted by Gasteiger charge is 2.18. The van der Waals surface area contributed by atoms with Crippen LogP contribution in [0.1, 0.15) is 42.7 Å². The molecule has 0 aromatic carbocycles. The molecule has 1 aliphatic heterocycles. The molecule has 3 aromatic heterocycles. The molecule has 8 nitrogen and oxygen atoms in total. The minimum atomic E-state index is 0.263. The maximum absolute atomic E-state index is 5.32. The van der Waals surface area contributed by atoms with Gasteiger partial charge in [0.2, 0.25) is 5.89 Å². The molecule has 27 heavy (non-hydrogen) atoms. The zero-order valence-electron chi connectivity index (χ0n) is 15.6. The molecule has 8 heteroatoms. The Bertz CT molecular complexity index is 908. The molecule has 140 valence electrons. The number of nitrogens with zero attached hydrogens (tertiary/aromatic N) is 5. The first-order valence-corrected chi connectivity index (χ1v) is 9.28. The summed E-state index contributed by atoms with van der Waals surface area (Å²) in [5.41, 5.74) is 3.12. The molecule has 0 saturated heterocycles. The van der Waals surface area contributed by atoms with Gasteiger partial charge in [-0.25, -0.2) is 9.97 Å². The zero-order chi connectivity index (χ0) is 18.6. The Morgan fingerprint density at radius 3 is 2.96 bits per heavy atom. The molecule has 4 heterocycles. The largest absolute Gasteiger partial charge is 0.369 e. The highest BCUT2D eigenvalue weighted by Crippen LogP contribution is 2.24. The summed E-state index contributed by atoms with van der Waals surface area (Å²) in [6.45, 7) is 6.45. The first kappa shape index (κ1) is 17.5. The van der Waals surface area contributed by atoms with Crippen LogP contribution in [0.4, 0.5) is 5.82 Å². The van der Waals surface area contributed by atoms with E-state index in [-0.39, 0.29) is 5.92 Å². The Balaban J connectivity index is 1.53. The third-order valence-corrected chi connectivity index (χ3v) is 4.49. The molecule has 0 amide bonds. The third-order valence-electron chi connectivity index (χ3n) is 4.49. The summed E-state index contributed by atoms with van der Waals surface area (Å²) >= 11 is 0. The second-order valence-corrected chi connectivity index (χ2v) is 6.87. The van der Waals surface area contributed by atoms with Crippen molar-refractivity contribution >= 4 is 5.82 Å². The van der Waals surface area contributed by atoms with E-state index in [0.29, 0.717) is 24.7 Å². The van der Waals surface area contributed by atoms with E-state index in [1.54, 1.807) is 12.4 Å². The molecule has 0 atom stereocenters. The summed E-state index contributed by atoms with van der Waals surface area (Å²) in [4.78, 5) is 18.1. The van der Waals surface area contributed by atoms with Crippen LogP contribution in [-0.2, 0) is 19.4 Å². The van der Waals surface area contributed by atoms with Gasteiger partial charge < -0.3 is 15.2 Å². The fourth-order valence-electron chi connectivity index (χ4n) is 3.02. The van der Waals surface area contributed by atoms with Crippen molar-refractivity contribution in [3.8, 4) is 11.4 Å². The normalized spacial score (nSPS) is 13.6. The molecule has 0 radical (unpaired) electrons. The number of hydrogen-bond acceptors (Lipinski definition) is 8. The van der Waals surface area contributed by atoms with Gasteiger partial charge in [-0.1, -0.05) is 19.0 Å². The zero-order valence-corrected chi connectivity index (χ0v) is 15.6. The lowest BCUT2D eigenvalue weighted by Gasteiger charge is -2.20. The number of fused-ring (bicyclic) bond motifs is 1. The van der Waals surface area contributed by atoms with Gasteiger partial charge in [0.15, 0.2) is 11.6 Å². The van der Waals surface area contributed by atoms with E-state index in [0.717, 1.165) is 42.4 Å². The van der Waals surface area contributed by atoms with Gasteiger partial charge in [0.25, 0.3) is 0 Å². The maximum Gasteiger partial charge on any atom is 0.228 e.